The van der Waals surface area contributed by atoms with Gasteiger partial charge in [-0.1, -0.05) is 18.2 Å². The molecule has 1 amide bonds. The Labute approximate surface area is 191 Å². The lowest BCUT2D eigenvalue weighted by molar-refractivity contribution is -0.121. The highest BCUT2D eigenvalue weighted by Gasteiger charge is 2.27. The average Bonchev–Trinajstić information content (AvgIpc) is 3.43. The quantitative estimate of drug-likeness (QED) is 0.432. The fraction of sp³-hybridized carbons (Fsp3) is 0.231. The van der Waals surface area contributed by atoms with Crippen LogP contribution in [0, 0.1) is 0 Å². The van der Waals surface area contributed by atoms with Crippen LogP contribution in [-0.2, 0) is 17.6 Å². The maximum atomic E-state index is 12.7. The van der Waals surface area contributed by atoms with Crippen molar-refractivity contribution < 1.29 is 14.6 Å². The molecular weight excluding hydrogens is 416 g/mol. The summed E-state index contributed by atoms with van der Waals surface area (Å²) in [4.78, 5) is 22.1. The molecule has 0 fully saturated rings. The number of benzene rings is 2. The number of carbonyl (C=O) groups is 1. The van der Waals surface area contributed by atoms with Crippen LogP contribution in [0.5, 0.6) is 5.75 Å². The molecule has 1 aliphatic carbocycles. The van der Waals surface area contributed by atoms with Crippen LogP contribution in [0.3, 0.4) is 0 Å². The van der Waals surface area contributed by atoms with Crippen molar-refractivity contribution in [2.45, 2.75) is 25.4 Å². The molecule has 0 spiro atoms. The summed E-state index contributed by atoms with van der Waals surface area (Å²) < 4.78 is 5.77. The molecule has 7 nitrogen and oxygen atoms in total. The van der Waals surface area contributed by atoms with Crippen molar-refractivity contribution in [2.75, 3.05) is 23.4 Å². The van der Waals surface area contributed by atoms with Gasteiger partial charge in [-0.25, -0.2) is 0 Å². The van der Waals surface area contributed by atoms with E-state index in [0.717, 1.165) is 46.7 Å². The van der Waals surface area contributed by atoms with Gasteiger partial charge in [-0.2, -0.15) is 0 Å². The number of anilines is 3. The van der Waals surface area contributed by atoms with Crippen LogP contribution in [0.15, 0.2) is 60.9 Å². The molecular formula is C26H24N4O3. The summed E-state index contributed by atoms with van der Waals surface area (Å²) in [7, 11) is 0. The van der Waals surface area contributed by atoms with Gasteiger partial charge in [0.1, 0.15) is 5.75 Å². The first kappa shape index (κ1) is 19.8. The second-order valence-electron chi connectivity index (χ2n) is 8.53. The number of nitrogens with one attached hydrogen (secondary N) is 2. The van der Waals surface area contributed by atoms with E-state index in [1.54, 1.807) is 6.20 Å². The Morgan fingerprint density at radius 2 is 2.12 bits per heavy atom. The number of para-hydroxylation sites is 1. The SMILES string of the molecule is O=C1COc2cc(Nc3ccnc4c3CC[C@@H]4O)ccc2N1CCc1c[nH]c2ccccc12. The fourth-order valence-corrected chi connectivity index (χ4v) is 4.85. The van der Waals surface area contributed by atoms with Crippen molar-refractivity contribution in [3.05, 3.63) is 77.7 Å². The molecule has 33 heavy (non-hydrogen) atoms. The van der Waals surface area contributed by atoms with Gasteiger partial charge < -0.3 is 25.0 Å². The van der Waals surface area contributed by atoms with E-state index in [2.05, 4.69) is 27.4 Å². The number of carbonyl (C=O) groups excluding carboxylic acids is 1. The number of H-pyrrole nitrogens is 1. The van der Waals surface area contributed by atoms with E-state index in [9.17, 15) is 9.90 Å². The van der Waals surface area contributed by atoms with Crippen molar-refractivity contribution in [2.24, 2.45) is 0 Å². The van der Waals surface area contributed by atoms with E-state index in [1.165, 1.54) is 10.9 Å². The summed E-state index contributed by atoms with van der Waals surface area (Å²) in [6.45, 7) is 0.612. The number of hydrogen-bond donors (Lipinski definition) is 3. The predicted molar refractivity (Wildman–Crippen MR) is 127 cm³/mol. The molecule has 4 aromatic rings. The Hall–Kier alpha value is -3.84. The third-order valence-electron chi connectivity index (χ3n) is 6.53. The molecule has 7 heteroatoms. The first-order valence-corrected chi connectivity index (χ1v) is 11.2. The van der Waals surface area contributed by atoms with E-state index < -0.39 is 6.10 Å². The zero-order valence-corrected chi connectivity index (χ0v) is 18.0. The number of ether oxygens (including phenoxy) is 1. The van der Waals surface area contributed by atoms with Crippen LogP contribution >= 0.6 is 0 Å². The Bertz CT molecular complexity index is 1360. The number of nitrogens with zero attached hydrogens (tertiary/aromatic N) is 2. The molecule has 1 aliphatic heterocycles. The summed E-state index contributed by atoms with van der Waals surface area (Å²) in [5.41, 5.74) is 6.70. The molecule has 0 saturated carbocycles. The Kier molecular flexibility index (Phi) is 4.77. The van der Waals surface area contributed by atoms with Crippen LogP contribution < -0.4 is 15.0 Å². The minimum Gasteiger partial charge on any atom is -0.481 e. The Morgan fingerprint density at radius 3 is 3.06 bits per heavy atom. The second-order valence-corrected chi connectivity index (χ2v) is 8.53. The molecule has 0 bridgehead atoms. The summed E-state index contributed by atoms with van der Waals surface area (Å²) in [5.74, 6) is 0.647. The summed E-state index contributed by atoms with van der Waals surface area (Å²) >= 11 is 0. The third kappa shape index (κ3) is 3.50. The first-order chi connectivity index (χ1) is 16.2. The minimum absolute atomic E-state index is 0.0290. The van der Waals surface area contributed by atoms with E-state index >= 15 is 0 Å². The number of aliphatic hydroxyl groups excluding tert-OH is 1. The third-order valence-corrected chi connectivity index (χ3v) is 6.53. The normalized spacial score (nSPS) is 17.1. The molecule has 0 radical (unpaired) electrons. The predicted octanol–water partition coefficient (Wildman–Crippen LogP) is 4.25. The number of aromatic nitrogens is 2. The summed E-state index contributed by atoms with van der Waals surface area (Å²) in [6, 6.07) is 15.9. The number of fused-ring (bicyclic) bond motifs is 3. The van der Waals surface area contributed by atoms with Crippen LogP contribution in [0.2, 0.25) is 0 Å². The van der Waals surface area contributed by atoms with Gasteiger partial charge in [0.15, 0.2) is 6.61 Å². The van der Waals surface area contributed by atoms with E-state index in [0.29, 0.717) is 18.7 Å². The second kappa shape index (κ2) is 7.94. The number of aromatic amines is 1. The number of aliphatic hydroxyl groups is 1. The van der Waals surface area contributed by atoms with Crippen LogP contribution in [0.25, 0.3) is 10.9 Å². The maximum absolute atomic E-state index is 12.7. The standard InChI is InChI=1S/C26H24N4O3/c31-23-8-6-19-21(9-11-27-26(19)23)29-17-5-7-22-24(13-17)33-15-25(32)30(22)12-10-16-14-28-20-4-2-1-3-18(16)20/h1-5,7,9,11,13-14,23,28,31H,6,8,10,12,15H2,(H,27,29)/t23-/m0/s1. The molecule has 3 N–H and O–H groups in total. The van der Waals surface area contributed by atoms with Gasteiger partial charge in [0.05, 0.1) is 17.5 Å². The highest BCUT2D eigenvalue weighted by atomic mass is 16.5. The topological polar surface area (TPSA) is 90.5 Å². The smallest absolute Gasteiger partial charge is 0.265 e. The molecule has 0 saturated heterocycles. The number of pyridine rings is 1. The van der Waals surface area contributed by atoms with E-state index in [4.69, 9.17) is 4.74 Å². The summed E-state index contributed by atoms with van der Waals surface area (Å²) in [6.07, 6.45) is 5.49. The van der Waals surface area contributed by atoms with Gasteiger partial charge in [-0.05, 0) is 54.7 Å². The molecule has 0 unspecified atom stereocenters. The number of amides is 1. The largest absolute Gasteiger partial charge is 0.481 e. The lowest BCUT2D eigenvalue weighted by Gasteiger charge is -2.30. The van der Waals surface area contributed by atoms with Crippen molar-refractivity contribution in [1.29, 1.82) is 0 Å². The summed E-state index contributed by atoms with van der Waals surface area (Å²) in [5, 5.41) is 14.7. The highest BCUT2D eigenvalue weighted by molar-refractivity contribution is 5.98. The van der Waals surface area contributed by atoms with Gasteiger partial charge in [-0.15, -0.1) is 0 Å². The number of hydrogen-bond acceptors (Lipinski definition) is 5. The van der Waals surface area contributed by atoms with Crippen molar-refractivity contribution in [3.8, 4) is 5.75 Å². The van der Waals surface area contributed by atoms with Crippen LogP contribution in [0.4, 0.5) is 17.1 Å². The molecule has 2 aliphatic rings. The zero-order chi connectivity index (χ0) is 22.4. The fourth-order valence-electron chi connectivity index (χ4n) is 4.85. The average molecular weight is 441 g/mol. The first-order valence-electron chi connectivity index (χ1n) is 11.2. The molecule has 2 aromatic carbocycles. The molecule has 6 rings (SSSR count). The molecule has 1 atom stereocenters. The highest BCUT2D eigenvalue weighted by Crippen LogP contribution is 2.38. The zero-order valence-electron chi connectivity index (χ0n) is 18.0. The number of rotatable bonds is 5. The van der Waals surface area contributed by atoms with Crippen molar-refractivity contribution >= 4 is 33.9 Å². The van der Waals surface area contributed by atoms with Crippen LogP contribution in [0.1, 0.15) is 29.3 Å². The van der Waals surface area contributed by atoms with Gasteiger partial charge >= 0.3 is 0 Å². The van der Waals surface area contributed by atoms with Gasteiger partial charge in [0.25, 0.3) is 5.91 Å². The molecule has 166 valence electrons. The Morgan fingerprint density at radius 1 is 1.21 bits per heavy atom. The molecule has 2 aromatic heterocycles. The van der Waals surface area contributed by atoms with Gasteiger partial charge in [0.2, 0.25) is 0 Å². The maximum Gasteiger partial charge on any atom is 0.265 e. The van der Waals surface area contributed by atoms with Crippen LogP contribution in [-0.4, -0.2) is 34.1 Å². The lowest BCUT2D eigenvalue weighted by atomic mass is 10.1. The van der Waals surface area contributed by atoms with E-state index in [1.807, 2.05) is 47.5 Å². The van der Waals surface area contributed by atoms with Crippen molar-refractivity contribution in [3.63, 3.8) is 0 Å². The monoisotopic (exact) mass is 440 g/mol. The van der Waals surface area contributed by atoms with Gasteiger partial charge in [0, 0.05) is 47.3 Å². The van der Waals surface area contributed by atoms with Gasteiger partial charge in [-0.3, -0.25) is 9.78 Å². The minimum atomic E-state index is -0.495. The van der Waals surface area contributed by atoms with E-state index in [-0.39, 0.29) is 12.5 Å². The molecule has 3 heterocycles. The van der Waals surface area contributed by atoms with Crippen molar-refractivity contribution in [1.82, 2.24) is 9.97 Å². The Balaban J connectivity index is 1.24. The lowest BCUT2D eigenvalue weighted by Crippen LogP contribution is -2.40.